The van der Waals surface area contributed by atoms with Gasteiger partial charge in [0, 0.05) is 21.5 Å². The van der Waals surface area contributed by atoms with Crippen LogP contribution in [0.5, 0.6) is 0 Å². The Balaban J connectivity index is 1.89. The summed E-state index contributed by atoms with van der Waals surface area (Å²) < 4.78 is 0.966. The highest BCUT2D eigenvalue weighted by molar-refractivity contribution is 9.10. The van der Waals surface area contributed by atoms with Gasteiger partial charge in [0.05, 0.1) is 0 Å². The molecular weight excluding hydrogens is 310 g/mol. The zero-order valence-electron chi connectivity index (χ0n) is 10.1. The topological polar surface area (TPSA) is 29.1 Å². The molecule has 94 valence electrons. The second-order valence-corrected chi connectivity index (χ2v) is 5.94. The van der Waals surface area contributed by atoms with Crippen molar-refractivity contribution < 1.29 is 4.79 Å². The van der Waals surface area contributed by atoms with E-state index in [9.17, 15) is 4.79 Å². The van der Waals surface area contributed by atoms with Crippen molar-refractivity contribution in [2.45, 2.75) is 13.3 Å². The predicted molar refractivity (Wildman–Crippen MR) is 79.2 cm³/mol. The molecule has 0 spiro atoms. The zero-order chi connectivity index (χ0) is 13.0. The number of benzene rings is 1. The Morgan fingerprint density at radius 1 is 1.39 bits per heavy atom. The highest BCUT2D eigenvalue weighted by Crippen LogP contribution is 2.17. The molecule has 18 heavy (non-hydrogen) atoms. The van der Waals surface area contributed by atoms with Crippen molar-refractivity contribution in [1.82, 2.24) is 5.32 Å². The summed E-state index contributed by atoms with van der Waals surface area (Å²) in [7, 11) is 0. The minimum absolute atomic E-state index is 0.0211. The molecule has 0 aliphatic rings. The molecule has 1 N–H and O–H groups in total. The van der Waals surface area contributed by atoms with Crippen molar-refractivity contribution in [3.63, 3.8) is 0 Å². The van der Waals surface area contributed by atoms with Crippen LogP contribution in [0.1, 0.15) is 20.8 Å². The van der Waals surface area contributed by atoms with E-state index in [1.807, 2.05) is 36.6 Å². The normalized spacial score (nSPS) is 10.3. The summed E-state index contributed by atoms with van der Waals surface area (Å²) in [6, 6.07) is 9.76. The minimum Gasteiger partial charge on any atom is -0.352 e. The third-order valence-corrected chi connectivity index (χ3v) is 4.46. The highest BCUT2D eigenvalue weighted by atomic mass is 79.9. The number of amides is 1. The second-order valence-electron chi connectivity index (χ2n) is 4.05. The smallest absolute Gasteiger partial charge is 0.251 e. The first kappa shape index (κ1) is 13.3. The number of carbonyl (C=O) groups excluding carboxylic acids is 1. The van der Waals surface area contributed by atoms with E-state index in [1.165, 1.54) is 4.88 Å². The number of thiophene rings is 1. The molecule has 4 heteroatoms. The summed E-state index contributed by atoms with van der Waals surface area (Å²) in [5, 5.41) is 4.98. The van der Waals surface area contributed by atoms with Gasteiger partial charge >= 0.3 is 0 Å². The molecule has 2 aromatic rings. The fourth-order valence-corrected chi connectivity index (χ4v) is 2.68. The van der Waals surface area contributed by atoms with Gasteiger partial charge in [0.25, 0.3) is 5.91 Å². The van der Waals surface area contributed by atoms with E-state index in [0.29, 0.717) is 12.1 Å². The summed E-state index contributed by atoms with van der Waals surface area (Å²) in [5.74, 6) is -0.0211. The molecule has 0 aliphatic carbocycles. The van der Waals surface area contributed by atoms with E-state index in [4.69, 9.17) is 0 Å². The van der Waals surface area contributed by atoms with Crippen LogP contribution in [0.2, 0.25) is 0 Å². The predicted octanol–water partition coefficient (Wildman–Crippen LogP) is 3.79. The SMILES string of the molecule is Cc1ccc(C(=O)NCCc2cccs2)cc1Br. The molecule has 0 fully saturated rings. The average molecular weight is 324 g/mol. The second kappa shape index (κ2) is 6.16. The van der Waals surface area contributed by atoms with Crippen LogP contribution in [0.3, 0.4) is 0 Å². The quantitative estimate of drug-likeness (QED) is 0.911. The molecule has 0 saturated heterocycles. The number of nitrogens with one attached hydrogen (secondary N) is 1. The number of hydrogen-bond acceptors (Lipinski definition) is 2. The van der Waals surface area contributed by atoms with E-state index in [1.54, 1.807) is 11.3 Å². The van der Waals surface area contributed by atoms with Gasteiger partial charge in [-0.3, -0.25) is 4.79 Å². The van der Waals surface area contributed by atoms with Crippen LogP contribution < -0.4 is 5.32 Å². The molecule has 0 saturated carbocycles. The lowest BCUT2D eigenvalue weighted by atomic mass is 10.1. The fourth-order valence-electron chi connectivity index (χ4n) is 1.59. The summed E-state index contributed by atoms with van der Waals surface area (Å²) in [6.45, 7) is 2.67. The first-order valence-electron chi connectivity index (χ1n) is 5.73. The Morgan fingerprint density at radius 2 is 2.22 bits per heavy atom. The molecule has 0 aliphatic heterocycles. The Labute approximate surface area is 119 Å². The van der Waals surface area contributed by atoms with E-state index < -0.39 is 0 Å². The molecule has 0 radical (unpaired) electrons. The molecule has 1 heterocycles. The maximum Gasteiger partial charge on any atom is 0.251 e. The Kier molecular flexibility index (Phi) is 4.55. The van der Waals surface area contributed by atoms with Gasteiger partial charge < -0.3 is 5.32 Å². The minimum atomic E-state index is -0.0211. The van der Waals surface area contributed by atoms with Crippen LogP contribution in [0.4, 0.5) is 0 Å². The van der Waals surface area contributed by atoms with Crippen molar-refractivity contribution in [3.05, 3.63) is 56.2 Å². The molecule has 1 aromatic carbocycles. The summed E-state index contributed by atoms with van der Waals surface area (Å²) >= 11 is 5.15. The Bertz CT molecular complexity index is 537. The molecule has 0 bridgehead atoms. The third-order valence-electron chi connectivity index (χ3n) is 2.67. The van der Waals surface area contributed by atoms with Gasteiger partial charge in [-0.05, 0) is 42.5 Å². The number of aryl methyl sites for hydroxylation is 1. The fraction of sp³-hybridized carbons (Fsp3) is 0.214. The molecule has 2 rings (SSSR count). The lowest BCUT2D eigenvalue weighted by Crippen LogP contribution is -2.25. The van der Waals surface area contributed by atoms with Crippen molar-refractivity contribution in [2.24, 2.45) is 0 Å². The summed E-state index contributed by atoms with van der Waals surface area (Å²) in [6.07, 6.45) is 0.885. The van der Waals surface area contributed by atoms with Gasteiger partial charge in [-0.1, -0.05) is 28.1 Å². The van der Waals surface area contributed by atoms with Gasteiger partial charge in [-0.2, -0.15) is 0 Å². The summed E-state index contributed by atoms with van der Waals surface area (Å²) in [4.78, 5) is 13.2. The summed E-state index contributed by atoms with van der Waals surface area (Å²) in [5.41, 5.74) is 1.82. The third kappa shape index (κ3) is 3.43. The monoisotopic (exact) mass is 323 g/mol. The zero-order valence-corrected chi connectivity index (χ0v) is 12.5. The lowest BCUT2D eigenvalue weighted by Gasteiger charge is -2.06. The van der Waals surface area contributed by atoms with E-state index in [-0.39, 0.29) is 5.91 Å². The Hall–Kier alpha value is -1.13. The molecular formula is C14H14BrNOS. The first-order valence-corrected chi connectivity index (χ1v) is 7.41. The van der Waals surface area contributed by atoms with Crippen LogP contribution in [0, 0.1) is 6.92 Å². The van der Waals surface area contributed by atoms with Crippen molar-refractivity contribution >= 4 is 33.2 Å². The average Bonchev–Trinajstić information content (AvgIpc) is 2.85. The van der Waals surface area contributed by atoms with Crippen LogP contribution in [-0.4, -0.2) is 12.5 Å². The maximum atomic E-state index is 11.9. The molecule has 0 unspecified atom stereocenters. The lowest BCUT2D eigenvalue weighted by molar-refractivity contribution is 0.0954. The number of rotatable bonds is 4. The first-order chi connectivity index (χ1) is 8.66. The maximum absolute atomic E-state index is 11.9. The van der Waals surface area contributed by atoms with Gasteiger partial charge in [0.1, 0.15) is 0 Å². The van der Waals surface area contributed by atoms with Gasteiger partial charge in [0.15, 0.2) is 0 Å². The standard InChI is InChI=1S/C14H14BrNOS/c1-10-4-5-11(9-13(10)15)14(17)16-7-6-12-3-2-8-18-12/h2-5,8-9H,6-7H2,1H3,(H,16,17). The van der Waals surface area contributed by atoms with Crippen molar-refractivity contribution in [1.29, 1.82) is 0 Å². The number of hydrogen-bond donors (Lipinski definition) is 1. The van der Waals surface area contributed by atoms with Crippen LogP contribution in [0.25, 0.3) is 0 Å². The van der Waals surface area contributed by atoms with Crippen LogP contribution >= 0.6 is 27.3 Å². The van der Waals surface area contributed by atoms with Gasteiger partial charge in [-0.15, -0.1) is 11.3 Å². The number of carbonyl (C=O) groups is 1. The van der Waals surface area contributed by atoms with Crippen molar-refractivity contribution in [3.8, 4) is 0 Å². The van der Waals surface area contributed by atoms with E-state index in [0.717, 1.165) is 16.5 Å². The number of halogens is 1. The largest absolute Gasteiger partial charge is 0.352 e. The van der Waals surface area contributed by atoms with Gasteiger partial charge in [0.2, 0.25) is 0 Å². The molecule has 1 amide bonds. The van der Waals surface area contributed by atoms with Gasteiger partial charge in [-0.25, -0.2) is 0 Å². The van der Waals surface area contributed by atoms with Crippen molar-refractivity contribution in [2.75, 3.05) is 6.54 Å². The van der Waals surface area contributed by atoms with Crippen LogP contribution in [0.15, 0.2) is 40.2 Å². The van der Waals surface area contributed by atoms with E-state index in [2.05, 4.69) is 27.3 Å². The molecule has 1 aromatic heterocycles. The van der Waals surface area contributed by atoms with Crippen LogP contribution in [-0.2, 0) is 6.42 Å². The highest BCUT2D eigenvalue weighted by Gasteiger charge is 2.06. The Morgan fingerprint density at radius 3 is 2.89 bits per heavy atom. The molecule has 0 atom stereocenters. The van der Waals surface area contributed by atoms with E-state index >= 15 is 0 Å². The molecule has 2 nitrogen and oxygen atoms in total.